The Morgan fingerprint density at radius 3 is 2.39 bits per heavy atom. The van der Waals surface area contributed by atoms with Gasteiger partial charge in [-0.25, -0.2) is 9.78 Å². The fourth-order valence-corrected chi connectivity index (χ4v) is 3.33. The summed E-state index contributed by atoms with van der Waals surface area (Å²) in [5.74, 6) is -4.65. The minimum Gasteiger partial charge on any atom is -0.480 e. The first kappa shape index (κ1) is 25.7. The average molecular weight is 467 g/mol. The highest BCUT2D eigenvalue weighted by molar-refractivity contribution is 5.96. The predicted octanol–water partition coefficient (Wildman–Crippen LogP) is -3.50. The summed E-state index contributed by atoms with van der Waals surface area (Å²) in [6, 6.07) is -4.79. The van der Waals surface area contributed by atoms with Gasteiger partial charge in [0.2, 0.25) is 23.6 Å². The van der Waals surface area contributed by atoms with Gasteiger partial charge in [-0.1, -0.05) is 0 Å². The van der Waals surface area contributed by atoms with E-state index in [1.54, 1.807) is 0 Å². The topological polar surface area (TPSA) is 229 Å². The van der Waals surface area contributed by atoms with Crippen molar-refractivity contribution in [3.05, 3.63) is 18.2 Å². The van der Waals surface area contributed by atoms with Crippen LogP contribution in [0.3, 0.4) is 0 Å². The van der Waals surface area contributed by atoms with Crippen molar-refractivity contribution in [2.24, 2.45) is 5.73 Å². The van der Waals surface area contributed by atoms with Crippen LogP contribution in [0.2, 0.25) is 0 Å². The molecule has 0 spiro atoms. The number of primary amides is 1. The first-order chi connectivity index (χ1) is 15.6. The Hall–Kier alpha value is -3.52. The Bertz CT molecular complexity index is 853. The second-order valence-corrected chi connectivity index (χ2v) is 7.79. The van der Waals surface area contributed by atoms with E-state index in [4.69, 9.17) is 10.8 Å². The number of aromatic nitrogens is 2. The molecule has 5 unspecified atom stereocenters. The number of aromatic amines is 1. The van der Waals surface area contributed by atoms with E-state index in [9.17, 15) is 29.1 Å². The Morgan fingerprint density at radius 1 is 1.18 bits per heavy atom. The average Bonchev–Trinajstić information content (AvgIpc) is 3.44. The van der Waals surface area contributed by atoms with Crippen molar-refractivity contribution in [1.82, 2.24) is 31.2 Å². The normalized spacial score (nSPS) is 19.0. The molecule has 182 valence electrons. The van der Waals surface area contributed by atoms with Crippen LogP contribution in [0.15, 0.2) is 12.5 Å². The number of amides is 4. The summed E-state index contributed by atoms with van der Waals surface area (Å²) in [5, 5.41) is 28.8. The molecule has 5 atom stereocenters. The highest BCUT2D eigenvalue weighted by atomic mass is 16.4. The molecule has 0 bridgehead atoms. The first-order valence-electron chi connectivity index (χ1n) is 10.4. The number of carboxylic acids is 1. The molecule has 14 heteroatoms. The van der Waals surface area contributed by atoms with Crippen LogP contribution in [0, 0.1) is 0 Å². The van der Waals surface area contributed by atoms with Gasteiger partial charge in [-0.3, -0.25) is 19.2 Å². The number of aliphatic carboxylic acids is 1. The van der Waals surface area contributed by atoms with Gasteiger partial charge in [0.1, 0.15) is 12.1 Å². The number of hydrogen-bond donors (Lipinski definition) is 8. The molecule has 1 fully saturated rings. The molecule has 14 nitrogen and oxygen atoms in total. The van der Waals surface area contributed by atoms with Crippen molar-refractivity contribution >= 4 is 29.6 Å². The summed E-state index contributed by atoms with van der Waals surface area (Å²) in [4.78, 5) is 67.5. The van der Waals surface area contributed by atoms with Crippen LogP contribution in [-0.2, 0) is 30.4 Å². The summed E-state index contributed by atoms with van der Waals surface area (Å²) in [7, 11) is 0. The predicted molar refractivity (Wildman–Crippen MR) is 112 cm³/mol. The smallest absolute Gasteiger partial charge is 0.328 e. The minimum atomic E-state index is -1.67. The van der Waals surface area contributed by atoms with Gasteiger partial charge in [-0.05, 0) is 26.3 Å². The van der Waals surface area contributed by atoms with Gasteiger partial charge in [-0.2, -0.15) is 0 Å². The number of carbonyl (C=O) groups is 5. The summed E-state index contributed by atoms with van der Waals surface area (Å²) in [6.45, 7) is 1.83. The monoisotopic (exact) mass is 467 g/mol. The Kier molecular flexibility index (Phi) is 9.30. The molecule has 1 aliphatic rings. The van der Waals surface area contributed by atoms with Gasteiger partial charge in [0, 0.05) is 18.3 Å². The van der Waals surface area contributed by atoms with Crippen LogP contribution in [0.1, 0.15) is 31.9 Å². The summed E-state index contributed by atoms with van der Waals surface area (Å²) in [6.07, 6.45) is 2.23. The van der Waals surface area contributed by atoms with Crippen molar-refractivity contribution in [2.75, 3.05) is 6.54 Å². The number of imidazole rings is 1. The Morgan fingerprint density at radius 2 is 1.88 bits per heavy atom. The number of nitrogens with two attached hydrogens (primary N) is 1. The molecule has 1 aliphatic heterocycles. The summed E-state index contributed by atoms with van der Waals surface area (Å²) in [5.41, 5.74) is 5.71. The van der Waals surface area contributed by atoms with E-state index in [0.717, 1.165) is 13.3 Å². The third-order valence-electron chi connectivity index (χ3n) is 5.07. The lowest BCUT2D eigenvalue weighted by atomic mass is 10.1. The maximum absolute atomic E-state index is 13.0. The van der Waals surface area contributed by atoms with Crippen LogP contribution in [-0.4, -0.2) is 86.6 Å². The molecule has 2 heterocycles. The molecule has 1 saturated heterocycles. The van der Waals surface area contributed by atoms with E-state index in [-0.39, 0.29) is 6.42 Å². The lowest BCUT2D eigenvalue weighted by Gasteiger charge is -2.25. The fraction of sp³-hybridized carbons (Fsp3) is 0.579. The number of nitrogens with one attached hydrogen (secondary N) is 5. The van der Waals surface area contributed by atoms with Gasteiger partial charge in [0.15, 0.2) is 6.04 Å². The number of hydrogen-bond acceptors (Lipinski definition) is 8. The third-order valence-corrected chi connectivity index (χ3v) is 5.07. The molecule has 9 N–H and O–H groups in total. The fourth-order valence-electron chi connectivity index (χ4n) is 3.33. The second-order valence-electron chi connectivity index (χ2n) is 7.79. The molecule has 4 amide bonds. The lowest BCUT2D eigenvalue weighted by Crippen LogP contribution is -2.59. The molecule has 1 aromatic rings. The molecule has 33 heavy (non-hydrogen) atoms. The number of carbonyl (C=O) groups excluding carboxylic acids is 4. The molecule has 0 aromatic carbocycles. The van der Waals surface area contributed by atoms with Crippen molar-refractivity contribution in [3.8, 4) is 0 Å². The van der Waals surface area contributed by atoms with Gasteiger partial charge in [-0.15, -0.1) is 0 Å². The Balaban J connectivity index is 2.16. The zero-order chi connectivity index (χ0) is 24.5. The van der Waals surface area contributed by atoms with Crippen molar-refractivity contribution in [1.29, 1.82) is 0 Å². The standard InChI is InChI=1S/C19H29N7O7/c1-9(27)15(19(32)33)26-18(31)13(6-14(20)28)25-17(30)12(5-10-7-21-8-23-10)24-16(29)11-3-2-4-22-11/h7-9,11-13,15,22,27H,2-6H2,1H3,(H2,20,28)(H,21,23)(H,24,29)(H,25,30)(H,26,31)(H,32,33). The van der Waals surface area contributed by atoms with Crippen LogP contribution < -0.4 is 27.0 Å². The largest absolute Gasteiger partial charge is 0.480 e. The van der Waals surface area contributed by atoms with E-state index >= 15 is 0 Å². The molecule has 1 aromatic heterocycles. The molecular weight excluding hydrogens is 438 g/mol. The quantitative estimate of drug-likeness (QED) is 0.152. The van der Waals surface area contributed by atoms with E-state index in [2.05, 4.69) is 31.2 Å². The number of aliphatic hydroxyl groups excluding tert-OH is 1. The van der Waals surface area contributed by atoms with Crippen LogP contribution in [0.5, 0.6) is 0 Å². The zero-order valence-electron chi connectivity index (χ0n) is 18.0. The number of nitrogens with zero attached hydrogens (tertiary/aromatic N) is 1. The molecule has 0 saturated carbocycles. The van der Waals surface area contributed by atoms with E-state index in [0.29, 0.717) is 18.7 Å². The SMILES string of the molecule is CC(O)C(NC(=O)C(CC(N)=O)NC(=O)C(Cc1cnc[nH]1)NC(=O)C1CCCN1)C(=O)O. The van der Waals surface area contributed by atoms with E-state index in [1.165, 1.54) is 12.5 Å². The van der Waals surface area contributed by atoms with Crippen LogP contribution in [0.25, 0.3) is 0 Å². The zero-order valence-corrected chi connectivity index (χ0v) is 18.0. The first-order valence-corrected chi connectivity index (χ1v) is 10.4. The van der Waals surface area contributed by atoms with Gasteiger partial charge in [0.25, 0.3) is 0 Å². The maximum Gasteiger partial charge on any atom is 0.328 e. The van der Waals surface area contributed by atoms with Gasteiger partial charge < -0.3 is 42.2 Å². The lowest BCUT2D eigenvalue weighted by molar-refractivity contribution is -0.145. The van der Waals surface area contributed by atoms with Crippen molar-refractivity contribution in [3.63, 3.8) is 0 Å². The minimum absolute atomic E-state index is 0.0145. The number of carboxylic acid groups (broad SMARTS) is 1. The number of H-pyrrole nitrogens is 1. The van der Waals surface area contributed by atoms with E-state index in [1.807, 2.05) is 0 Å². The van der Waals surface area contributed by atoms with Crippen molar-refractivity contribution < 1.29 is 34.2 Å². The molecular formula is C19H29N7O7. The molecule has 2 rings (SSSR count). The number of rotatable bonds is 12. The van der Waals surface area contributed by atoms with Gasteiger partial charge in [0.05, 0.1) is 24.9 Å². The summed E-state index contributed by atoms with van der Waals surface area (Å²) >= 11 is 0. The third kappa shape index (κ3) is 7.84. The molecule has 0 aliphatic carbocycles. The van der Waals surface area contributed by atoms with Crippen molar-refractivity contribution in [2.45, 2.75) is 62.9 Å². The van der Waals surface area contributed by atoms with Gasteiger partial charge >= 0.3 is 5.97 Å². The maximum atomic E-state index is 13.0. The highest BCUT2D eigenvalue weighted by Gasteiger charge is 2.33. The van der Waals surface area contributed by atoms with E-state index < -0.39 is 66.3 Å². The Labute approximate surface area is 189 Å². The number of aliphatic hydroxyl groups is 1. The summed E-state index contributed by atoms with van der Waals surface area (Å²) < 4.78 is 0. The van der Waals surface area contributed by atoms with Crippen LogP contribution >= 0.6 is 0 Å². The molecule has 0 radical (unpaired) electrons. The van der Waals surface area contributed by atoms with Crippen LogP contribution in [0.4, 0.5) is 0 Å². The highest BCUT2D eigenvalue weighted by Crippen LogP contribution is 2.07. The second kappa shape index (κ2) is 11.9.